The van der Waals surface area contributed by atoms with Gasteiger partial charge < -0.3 is 14.8 Å². The van der Waals surface area contributed by atoms with E-state index >= 15 is 0 Å². The van der Waals surface area contributed by atoms with Crippen LogP contribution in [0.25, 0.3) is 0 Å². The summed E-state index contributed by atoms with van der Waals surface area (Å²) in [6.07, 6.45) is -0.126. The fourth-order valence-corrected chi connectivity index (χ4v) is 3.73. The number of methoxy groups -OCH3 is 2. The standard InChI is InChI=1S/C19H17N3O6S/c1-27-13-6-3-11(4-7-13)19-21-18(24)16(29-19)10-17(23)20-14-9-12(22(25)26)5-8-15(14)28-2/h3-9,16H,10H2,1-2H3,(H,20,23)/t16-/m0/s1. The van der Waals surface area contributed by atoms with E-state index < -0.39 is 22.0 Å². The minimum atomic E-state index is -0.670. The van der Waals surface area contributed by atoms with E-state index in [4.69, 9.17) is 9.47 Å². The molecule has 150 valence electrons. The lowest BCUT2D eigenvalue weighted by Crippen LogP contribution is -2.21. The van der Waals surface area contributed by atoms with Gasteiger partial charge in [0.1, 0.15) is 21.8 Å². The first-order valence-corrected chi connectivity index (χ1v) is 9.35. The molecular weight excluding hydrogens is 398 g/mol. The number of ether oxygens (including phenoxy) is 2. The van der Waals surface area contributed by atoms with E-state index in [9.17, 15) is 19.7 Å². The Morgan fingerprint density at radius 1 is 1.21 bits per heavy atom. The summed E-state index contributed by atoms with van der Waals surface area (Å²) in [5.74, 6) is 0.0952. The van der Waals surface area contributed by atoms with Crippen LogP contribution < -0.4 is 14.8 Å². The quantitative estimate of drug-likeness (QED) is 0.545. The first-order valence-electron chi connectivity index (χ1n) is 8.47. The van der Waals surface area contributed by atoms with Gasteiger partial charge in [0.2, 0.25) is 5.91 Å². The number of nitrogens with one attached hydrogen (secondary N) is 1. The normalized spacial score (nSPS) is 15.6. The number of hydrogen-bond acceptors (Lipinski definition) is 7. The van der Waals surface area contributed by atoms with Gasteiger partial charge in [-0.25, -0.2) is 4.99 Å². The number of nitro benzene ring substituents is 1. The summed E-state index contributed by atoms with van der Waals surface area (Å²) in [5, 5.41) is 13.4. The molecule has 0 unspecified atom stereocenters. The third-order valence-corrected chi connectivity index (χ3v) is 5.32. The predicted molar refractivity (Wildman–Crippen MR) is 109 cm³/mol. The number of rotatable bonds is 7. The lowest BCUT2D eigenvalue weighted by atomic mass is 10.2. The Bertz CT molecular complexity index is 990. The molecule has 1 aliphatic rings. The molecule has 9 nitrogen and oxygen atoms in total. The number of nitro groups is 1. The maximum absolute atomic E-state index is 12.4. The van der Waals surface area contributed by atoms with Crippen LogP contribution >= 0.6 is 11.8 Å². The first-order chi connectivity index (χ1) is 13.9. The fourth-order valence-electron chi connectivity index (χ4n) is 2.66. The van der Waals surface area contributed by atoms with E-state index in [0.29, 0.717) is 10.8 Å². The van der Waals surface area contributed by atoms with Gasteiger partial charge in [0, 0.05) is 24.1 Å². The molecular formula is C19H17N3O6S. The molecule has 0 saturated heterocycles. The molecule has 0 saturated carbocycles. The molecule has 1 N–H and O–H groups in total. The van der Waals surface area contributed by atoms with Crippen LogP contribution in [0.15, 0.2) is 47.5 Å². The summed E-state index contributed by atoms with van der Waals surface area (Å²) in [6, 6.07) is 11.0. The number of non-ortho nitro benzene ring substituents is 1. The molecule has 29 heavy (non-hydrogen) atoms. The lowest BCUT2D eigenvalue weighted by molar-refractivity contribution is -0.384. The summed E-state index contributed by atoms with van der Waals surface area (Å²) in [6.45, 7) is 0. The van der Waals surface area contributed by atoms with Gasteiger partial charge in [0.15, 0.2) is 0 Å². The van der Waals surface area contributed by atoms with Gasteiger partial charge in [0.05, 0.1) is 24.8 Å². The maximum Gasteiger partial charge on any atom is 0.271 e. The van der Waals surface area contributed by atoms with Crippen molar-refractivity contribution in [3.05, 3.63) is 58.1 Å². The summed E-state index contributed by atoms with van der Waals surface area (Å²) in [4.78, 5) is 39.0. The van der Waals surface area contributed by atoms with Crippen LogP contribution in [0.5, 0.6) is 11.5 Å². The number of carbonyl (C=O) groups excluding carboxylic acids is 2. The monoisotopic (exact) mass is 415 g/mol. The zero-order chi connectivity index (χ0) is 21.0. The molecule has 2 aromatic rings. The third kappa shape index (κ3) is 4.72. The molecule has 1 atom stereocenters. The Hall–Kier alpha value is -3.40. The topological polar surface area (TPSA) is 120 Å². The van der Waals surface area contributed by atoms with Crippen molar-refractivity contribution in [3.63, 3.8) is 0 Å². The molecule has 0 aliphatic carbocycles. The Morgan fingerprint density at radius 3 is 2.55 bits per heavy atom. The van der Waals surface area contributed by atoms with Crippen molar-refractivity contribution in [2.45, 2.75) is 11.7 Å². The number of anilines is 1. The number of amides is 2. The number of thioether (sulfide) groups is 1. The summed E-state index contributed by atoms with van der Waals surface area (Å²) in [5.41, 5.74) is 0.739. The smallest absolute Gasteiger partial charge is 0.271 e. The predicted octanol–water partition coefficient (Wildman–Crippen LogP) is 3.03. The van der Waals surface area contributed by atoms with E-state index in [-0.39, 0.29) is 23.5 Å². The average Bonchev–Trinajstić information content (AvgIpc) is 3.08. The SMILES string of the molecule is COc1ccc(C2=NC(=O)[C@H](CC(=O)Nc3cc([N+](=O)[O-])ccc3OC)S2)cc1. The summed E-state index contributed by atoms with van der Waals surface area (Å²) < 4.78 is 10.2. The minimum absolute atomic E-state index is 0.126. The van der Waals surface area contributed by atoms with Crippen LogP contribution in [0.1, 0.15) is 12.0 Å². The lowest BCUT2D eigenvalue weighted by Gasteiger charge is -2.11. The molecule has 0 aromatic heterocycles. The highest BCUT2D eigenvalue weighted by Crippen LogP contribution is 2.32. The van der Waals surface area contributed by atoms with Crippen LogP contribution in [-0.4, -0.2) is 41.3 Å². The second-order valence-corrected chi connectivity index (χ2v) is 7.18. The first kappa shape index (κ1) is 20.3. The van der Waals surface area contributed by atoms with E-state index in [1.807, 2.05) is 0 Å². The van der Waals surface area contributed by atoms with Crippen LogP contribution in [0.3, 0.4) is 0 Å². The van der Waals surface area contributed by atoms with Crippen molar-refractivity contribution in [1.82, 2.24) is 0 Å². The fraction of sp³-hybridized carbons (Fsp3) is 0.211. The Morgan fingerprint density at radius 2 is 1.93 bits per heavy atom. The molecule has 0 bridgehead atoms. The molecule has 0 spiro atoms. The van der Waals surface area contributed by atoms with E-state index in [0.717, 1.165) is 5.56 Å². The van der Waals surface area contributed by atoms with Crippen LogP contribution in [0, 0.1) is 10.1 Å². The molecule has 1 aliphatic heterocycles. The van der Waals surface area contributed by atoms with Crippen molar-refractivity contribution in [2.75, 3.05) is 19.5 Å². The summed E-state index contributed by atoms with van der Waals surface area (Å²) in [7, 11) is 2.95. The summed E-state index contributed by atoms with van der Waals surface area (Å²) >= 11 is 1.20. The number of hydrogen-bond donors (Lipinski definition) is 1. The minimum Gasteiger partial charge on any atom is -0.497 e. The third-order valence-electron chi connectivity index (χ3n) is 4.12. The van der Waals surface area contributed by atoms with Gasteiger partial charge in [-0.2, -0.15) is 0 Å². The zero-order valence-electron chi connectivity index (χ0n) is 15.6. The second kappa shape index (κ2) is 8.74. The Kier molecular flexibility index (Phi) is 6.13. The molecule has 2 amide bonds. The molecule has 0 fully saturated rings. The van der Waals surface area contributed by atoms with Crippen LogP contribution in [-0.2, 0) is 9.59 Å². The van der Waals surface area contributed by atoms with Crippen molar-refractivity contribution < 1.29 is 24.0 Å². The van der Waals surface area contributed by atoms with Gasteiger partial charge in [-0.15, -0.1) is 0 Å². The number of aliphatic imine (C=N–C) groups is 1. The van der Waals surface area contributed by atoms with E-state index in [1.54, 1.807) is 31.4 Å². The number of carbonyl (C=O) groups is 2. The molecule has 10 heteroatoms. The highest BCUT2D eigenvalue weighted by Gasteiger charge is 2.31. The molecule has 2 aromatic carbocycles. The molecule has 0 radical (unpaired) electrons. The van der Waals surface area contributed by atoms with Crippen molar-refractivity contribution in [1.29, 1.82) is 0 Å². The van der Waals surface area contributed by atoms with Crippen molar-refractivity contribution in [3.8, 4) is 11.5 Å². The average molecular weight is 415 g/mol. The van der Waals surface area contributed by atoms with Crippen LogP contribution in [0.4, 0.5) is 11.4 Å². The molecule has 3 rings (SSSR count). The zero-order valence-corrected chi connectivity index (χ0v) is 16.4. The van der Waals surface area contributed by atoms with Gasteiger partial charge in [-0.05, 0) is 30.3 Å². The Balaban J connectivity index is 1.66. The van der Waals surface area contributed by atoms with Gasteiger partial charge in [-0.1, -0.05) is 11.8 Å². The van der Waals surface area contributed by atoms with Crippen LogP contribution in [0.2, 0.25) is 0 Å². The Labute approximate surface area is 170 Å². The number of benzene rings is 2. The second-order valence-electron chi connectivity index (χ2n) is 5.98. The largest absolute Gasteiger partial charge is 0.497 e. The van der Waals surface area contributed by atoms with E-state index in [2.05, 4.69) is 10.3 Å². The van der Waals surface area contributed by atoms with E-state index in [1.165, 1.54) is 37.1 Å². The number of nitrogens with zero attached hydrogens (tertiary/aromatic N) is 2. The van der Waals surface area contributed by atoms with Crippen molar-refractivity contribution >= 4 is 40.0 Å². The van der Waals surface area contributed by atoms with Gasteiger partial charge in [0.25, 0.3) is 11.6 Å². The van der Waals surface area contributed by atoms with Crippen molar-refractivity contribution in [2.24, 2.45) is 4.99 Å². The molecule has 1 heterocycles. The maximum atomic E-state index is 12.4. The van der Waals surface area contributed by atoms with Gasteiger partial charge >= 0.3 is 0 Å². The van der Waals surface area contributed by atoms with Gasteiger partial charge in [-0.3, -0.25) is 19.7 Å². The highest BCUT2D eigenvalue weighted by atomic mass is 32.2. The highest BCUT2D eigenvalue weighted by molar-refractivity contribution is 8.16.